The first-order valence-corrected chi connectivity index (χ1v) is 8.56. The SMILES string of the molecule is CN=C(NCCOc1ccc(OC)cc1)NCC(OC)c1ccccc1. The van der Waals surface area contributed by atoms with Crippen molar-refractivity contribution in [2.45, 2.75) is 6.10 Å². The lowest BCUT2D eigenvalue weighted by molar-refractivity contribution is 0.106. The van der Waals surface area contributed by atoms with Gasteiger partial charge in [0.25, 0.3) is 0 Å². The maximum Gasteiger partial charge on any atom is 0.191 e. The molecule has 0 bridgehead atoms. The van der Waals surface area contributed by atoms with Gasteiger partial charge < -0.3 is 24.8 Å². The first-order chi connectivity index (χ1) is 12.8. The molecule has 0 aliphatic rings. The van der Waals surface area contributed by atoms with Gasteiger partial charge >= 0.3 is 0 Å². The smallest absolute Gasteiger partial charge is 0.191 e. The van der Waals surface area contributed by atoms with Crippen LogP contribution in [0.5, 0.6) is 11.5 Å². The fourth-order valence-electron chi connectivity index (χ4n) is 2.43. The third-order valence-corrected chi connectivity index (χ3v) is 3.86. The molecule has 2 rings (SSSR count). The first kappa shape index (κ1) is 19.6. The second-order valence-electron chi connectivity index (χ2n) is 5.54. The Hall–Kier alpha value is -2.73. The van der Waals surface area contributed by atoms with E-state index in [0.29, 0.717) is 25.7 Å². The van der Waals surface area contributed by atoms with E-state index in [9.17, 15) is 0 Å². The van der Waals surface area contributed by atoms with E-state index < -0.39 is 0 Å². The molecule has 0 saturated carbocycles. The number of benzene rings is 2. The number of hydrogen-bond donors (Lipinski definition) is 2. The molecule has 6 heteroatoms. The summed E-state index contributed by atoms with van der Waals surface area (Å²) in [5, 5.41) is 6.50. The van der Waals surface area contributed by atoms with Crippen molar-refractivity contribution in [2.75, 3.05) is 41.0 Å². The molecule has 6 nitrogen and oxygen atoms in total. The maximum atomic E-state index is 5.69. The van der Waals surface area contributed by atoms with Crippen LogP contribution in [-0.2, 0) is 4.74 Å². The fourth-order valence-corrected chi connectivity index (χ4v) is 2.43. The van der Waals surface area contributed by atoms with Crippen LogP contribution in [0.2, 0.25) is 0 Å². The Bertz CT molecular complexity index is 660. The van der Waals surface area contributed by atoms with Gasteiger partial charge in [0.1, 0.15) is 18.1 Å². The summed E-state index contributed by atoms with van der Waals surface area (Å²) in [6.07, 6.45) is -0.0368. The van der Waals surface area contributed by atoms with Crippen LogP contribution in [0.3, 0.4) is 0 Å². The first-order valence-electron chi connectivity index (χ1n) is 8.56. The molecule has 0 amide bonds. The van der Waals surface area contributed by atoms with E-state index in [1.165, 1.54) is 0 Å². The highest BCUT2D eigenvalue weighted by Gasteiger charge is 2.10. The van der Waals surface area contributed by atoms with Crippen molar-refractivity contribution in [1.82, 2.24) is 10.6 Å². The van der Waals surface area contributed by atoms with E-state index in [1.54, 1.807) is 21.3 Å². The van der Waals surface area contributed by atoms with E-state index in [1.807, 2.05) is 42.5 Å². The average Bonchev–Trinajstić information content (AvgIpc) is 2.71. The van der Waals surface area contributed by atoms with Gasteiger partial charge in [0.15, 0.2) is 5.96 Å². The van der Waals surface area contributed by atoms with Crippen molar-refractivity contribution >= 4 is 5.96 Å². The number of methoxy groups -OCH3 is 2. The van der Waals surface area contributed by atoms with Gasteiger partial charge in [0.05, 0.1) is 19.8 Å². The van der Waals surface area contributed by atoms with Crippen LogP contribution in [0.4, 0.5) is 0 Å². The normalized spacial score (nSPS) is 12.3. The van der Waals surface area contributed by atoms with Gasteiger partial charge in [-0.25, -0.2) is 0 Å². The van der Waals surface area contributed by atoms with Crippen LogP contribution in [0.15, 0.2) is 59.6 Å². The number of nitrogens with one attached hydrogen (secondary N) is 2. The van der Waals surface area contributed by atoms with E-state index in [4.69, 9.17) is 14.2 Å². The second kappa shape index (κ2) is 11.0. The van der Waals surface area contributed by atoms with Crippen LogP contribution < -0.4 is 20.1 Å². The predicted molar refractivity (Wildman–Crippen MR) is 104 cm³/mol. The quantitative estimate of drug-likeness (QED) is 0.410. The highest BCUT2D eigenvalue weighted by molar-refractivity contribution is 5.79. The number of aliphatic imine (C=N–C) groups is 1. The predicted octanol–water partition coefficient (Wildman–Crippen LogP) is 2.63. The molecular weight excluding hydrogens is 330 g/mol. The van der Waals surface area contributed by atoms with Crippen LogP contribution in [0.25, 0.3) is 0 Å². The molecular formula is C20H27N3O3. The number of rotatable bonds is 9. The molecule has 140 valence electrons. The largest absolute Gasteiger partial charge is 0.497 e. The summed E-state index contributed by atoms with van der Waals surface area (Å²) in [6.45, 7) is 1.79. The molecule has 0 radical (unpaired) electrons. The summed E-state index contributed by atoms with van der Waals surface area (Å²) >= 11 is 0. The average molecular weight is 357 g/mol. The van der Waals surface area contributed by atoms with Gasteiger partial charge in [0, 0.05) is 20.7 Å². The Labute approximate surface area is 155 Å². The van der Waals surface area contributed by atoms with E-state index in [2.05, 4.69) is 27.8 Å². The molecule has 1 unspecified atom stereocenters. The Kier molecular flexibility index (Phi) is 8.29. The molecule has 2 aromatic rings. The number of nitrogens with zero attached hydrogens (tertiary/aromatic N) is 1. The number of guanidine groups is 1. The van der Waals surface area contributed by atoms with Crippen LogP contribution >= 0.6 is 0 Å². The van der Waals surface area contributed by atoms with Crippen molar-refractivity contribution < 1.29 is 14.2 Å². The van der Waals surface area contributed by atoms with Crippen molar-refractivity contribution in [3.05, 3.63) is 60.2 Å². The summed E-state index contributed by atoms with van der Waals surface area (Å²) in [5.41, 5.74) is 1.13. The Balaban J connectivity index is 1.71. The van der Waals surface area contributed by atoms with Crippen molar-refractivity contribution in [3.63, 3.8) is 0 Å². The molecule has 0 saturated heterocycles. The highest BCUT2D eigenvalue weighted by atomic mass is 16.5. The molecule has 0 aliphatic carbocycles. The zero-order chi connectivity index (χ0) is 18.6. The van der Waals surface area contributed by atoms with Gasteiger partial charge in [-0.2, -0.15) is 0 Å². The van der Waals surface area contributed by atoms with Crippen molar-refractivity contribution in [1.29, 1.82) is 0 Å². The van der Waals surface area contributed by atoms with Crippen LogP contribution in [0, 0.1) is 0 Å². The van der Waals surface area contributed by atoms with Crippen LogP contribution in [-0.4, -0.2) is 46.9 Å². The van der Waals surface area contributed by atoms with Crippen LogP contribution in [0.1, 0.15) is 11.7 Å². The number of hydrogen-bond acceptors (Lipinski definition) is 4. The summed E-state index contributed by atoms with van der Waals surface area (Å²) in [6, 6.07) is 17.6. The molecule has 1 atom stereocenters. The molecule has 0 spiro atoms. The van der Waals surface area contributed by atoms with Gasteiger partial charge in [-0.05, 0) is 29.8 Å². The number of ether oxygens (including phenoxy) is 3. The topological polar surface area (TPSA) is 64.1 Å². The summed E-state index contributed by atoms with van der Waals surface area (Å²) in [4.78, 5) is 4.22. The van der Waals surface area contributed by atoms with E-state index in [0.717, 1.165) is 17.1 Å². The fraction of sp³-hybridized carbons (Fsp3) is 0.350. The zero-order valence-electron chi connectivity index (χ0n) is 15.6. The molecule has 0 aliphatic heterocycles. The van der Waals surface area contributed by atoms with Crippen molar-refractivity contribution in [2.24, 2.45) is 4.99 Å². The zero-order valence-corrected chi connectivity index (χ0v) is 15.6. The Morgan fingerprint density at radius 3 is 2.27 bits per heavy atom. The third kappa shape index (κ3) is 6.29. The molecule has 2 aromatic carbocycles. The third-order valence-electron chi connectivity index (χ3n) is 3.86. The van der Waals surface area contributed by atoms with Crippen molar-refractivity contribution in [3.8, 4) is 11.5 Å². The van der Waals surface area contributed by atoms with Gasteiger partial charge in [-0.3, -0.25) is 4.99 Å². The highest BCUT2D eigenvalue weighted by Crippen LogP contribution is 2.17. The van der Waals surface area contributed by atoms with E-state index >= 15 is 0 Å². The minimum atomic E-state index is -0.0368. The van der Waals surface area contributed by atoms with Gasteiger partial charge in [0.2, 0.25) is 0 Å². The standard InChI is InChI=1S/C20H27N3O3/c1-21-20(23-15-19(25-3)16-7-5-4-6-8-16)22-13-14-26-18-11-9-17(24-2)10-12-18/h4-12,19H,13-15H2,1-3H3,(H2,21,22,23). The monoisotopic (exact) mass is 357 g/mol. The molecule has 0 fully saturated rings. The molecule has 2 N–H and O–H groups in total. The molecule has 0 aromatic heterocycles. The summed E-state index contributed by atoms with van der Waals surface area (Å²) < 4.78 is 16.4. The van der Waals surface area contributed by atoms with Gasteiger partial charge in [-0.15, -0.1) is 0 Å². The lowest BCUT2D eigenvalue weighted by Gasteiger charge is -2.18. The van der Waals surface area contributed by atoms with Gasteiger partial charge in [-0.1, -0.05) is 30.3 Å². The minimum absolute atomic E-state index is 0.0368. The second-order valence-corrected chi connectivity index (χ2v) is 5.54. The summed E-state index contributed by atoms with van der Waals surface area (Å²) in [5.74, 6) is 2.33. The summed E-state index contributed by atoms with van der Waals surface area (Å²) in [7, 11) is 5.09. The molecule has 0 heterocycles. The Morgan fingerprint density at radius 2 is 1.65 bits per heavy atom. The maximum absolute atomic E-state index is 5.69. The molecule has 26 heavy (non-hydrogen) atoms. The van der Waals surface area contributed by atoms with E-state index in [-0.39, 0.29) is 6.10 Å². The Morgan fingerprint density at radius 1 is 0.962 bits per heavy atom. The minimum Gasteiger partial charge on any atom is -0.497 e. The lowest BCUT2D eigenvalue weighted by atomic mass is 10.1. The lowest BCUT2D eigenvalue weighted by Crippen LogP contribution is -2.41.